The van der Waals surface area contributed by atoms with Gasteiger partial charge in [0.25, 0.3) is 0 Å². The highest BCUT2D eigenvalue weighted by Gasteiger charge is 2.67. The highest BCUT2D eigenvalue weighted by Crippen LogP contribution is 2.65. The van der Waals surface area contributed by atoms with Crippen molar-refractivity contribution in [2.24, 2.45) is 5.92 Å². The summed E-state index contributed by atoms with van der Waals surface area (Å²) in [7, 11) is 0. The van der Waals surface area contributed by atoms with Crippen molar-refractivity contribution in [2.75, 3.05) is 5.32 Å². The standard InChI is InChI=1S/C20H15Cl3F3NO2/c1-2-3-14(28)15-12(25)6-7-13(18(15)26)27-19(29)17-16(20(17,22)23)9-4-5-11(24)10(21)8-9/h4-8,16-17H,2-3H2,1H3,(H,27,29). The van der Waals surface area contributed by atoms with E-state index in [9.17, 15) is 22.8 Å². The Morgan fingerprint density at radius 3 is 2.38 bits per heavy atom. The summed E-state index contributed by atoms with van der Waals surface area (Å²) in [6.07, 6.45) is 0.382. The molecule has 0 aromatic heterocycles. The minimum absolute atomic E-state index is 0.0340. The van der Waals surface area contributed by atoms with E-state index in [-0.39, 0.29) is 17.1 Å². The summed E-state index contributed by atoms with van der Waals surface area (Å²) < 4.78 is 40.5. The van der Waals surface area contributed by atoms with Crippen LogP contribution in [-0.2, 0) is 4.79 Å². The van der Waals surface area contributed by atoms with E-state index in [4.69, 9.17) is 34.8 Å². The third kappa shape index (κ3) is 4.11. The lowest BCUT2D eigenvalue weighted by atomic mass is 10.0. The molecule has 3 nitrogen and oxygen atoms in total. The number of rotatable bonds is 6. The third-order valence-electron chi connectivity index (χ3n) is 4.74. The molecule has 2 atom stereocenters. The molecule has 1 amide bonds. The molecule has 2 unspecified atom stereocenters. The van der Waals surface area contributed by atoms with E-state index in [1.807, 2.05) is 0 Å². The van der Waals surface area contributed by atoms with Gasteiger partial charge in [0.1, 0.15) is 16.0 Å². The van der Waals surface area contributed by atoms with Gasteiger partial charge in [0.2, 0.25) is 5.91 Å². The molecule has 0 aliphatic heterocycles. The lowest BCUT2D eigenvalue weighted by Crippen LogP contribution is -2.19. The van der Waals surface area contributed by atoms with Gasteiger partial charge in [-0.3, -0.25) is 9.59 Å². The van der Waals surface area contributed by atoms with Crippen LogP contribution in [0.25, 0.3) is 0 Å². The van der Waals surface area contributed by atoms with Gasteiger partial charge in [-0.2, -0.15) is 0 Å². The molecule has 9 heteroatoms. The summed E-state index contributed by atoms with van der Waals surface area (Å²) in [6.45, 7) is 1.70. The van der Waals surface area contributed by atoms with Gasteiger partial charge in [-0.1, -0.05) is 24.6 Å². The van der Waals surface area contributed by atoms with Crippen molar-refractivity contribution >= 4 is 52.2 Å². The number of halogens is 6. The molecule has 2 aromatic rings. The minimum atomic E-state index is -1.51. The van der Waals surface area contributed by atoms with Crippen LogP contribution in [0.15, 0.2) is 30.3 Å². The molecule has 154 valence electrons. The molecule has 3 rings (SSSR count). The fourth-order valence-electron chi connectivity index (χ4n) is 3.24. The Morgan fingerprint density at radius 2 is 1.76 bits per heavy atom. The lowest BCUT2D eigenvalue weighted by Gasteiger charge is -2.10. The Bertz CT molecular complexity index is 997. The summed E-state index contributed by atoms with van der Waals surface area (Å²) >= 11 is 18.2. The number of benzene rings is 2. The third-order valence-corrected chi connectivity index (χ3v) is 5.97. The average Bonchev–Trinajstić information content (AvgIpc) is 3.22. The highest BCUT2D eigenvalue weighted by molar-refractivity contribution is 6.53. The number of anilines is 1. The van der Waals surface area contributed by atoms with Gasteiger partial charge >= 0.3 is 0 Å². The van der Waals surface area contributed by atoms with Crippen LogP contribution in [0, 0.1) is 23.4 Å². The maximum absolute atomic E-state index is 14.7. The first-order chi connectivity index (χ1) is 13.6. The van der Waals surface area contributed by atoms with Gasteiger partial charge in [0, 0.05) is 12.3 Å². The molecule has 29 heavy (non-hydrogen) atoms. The predicted octanol–water partition coefficient (Wildman–Crippen LogP) is 6.27. The molecule has 1 aliphatic carbocycles. The molecule has 0 spiro atoms. The Morgan fingerprint density at radius 1 is 1.10 bits per heavy atom. The Labute approximate surface area is 180 Å². The van der Waals surface area contributed by atoms with Crippen molar-refractivity contribution in [1.29, 1.82) is 0 Å². The number of nitrogens with one attached hydrogen (secondary N) is 1. The molecule has 1 saturated carbocycles. The largest absolute Gasteiger partial charge is 0.323 e. The maximum Gasteiger partial charge on any atom is 0.231 e. The summed E-state index contributed by atoms with van der Waals surface area (Å²) in [5.74, 6) is -5.90. The average molecular weight is 465 g/mol. The monoisotopic (exact) mass is 463 g/mol. The van der Waals surface area contributed by atoms with E-state index < -0.39 is 50.9 Å². The van der Waals surface area contributed by atoms with E-state index >= 15 is 0 Å². The Kier molecular flexibility index (Phi) is 6.18. The van der Waals surface area contributed by atoms with E-state index in [1.165, 1.54) is 12.1 Å². The molecule has 2 aromatic carbocycles. The van der Waals surface area contributed by atoms with Crippen molar-refractivity contribution in [3.05, 3.63) is 63.9 Å². The van der Waals surface area contributed by atoms with Crippen LogP contribution in [0.2, 0.25) is 5.02 Å². The van der Waals surface area contributed by atoms with E-state index in [2.05, 4.69) is 5.32 Å². The molecule has 0 radical (unpaired) electrons. The van der Waals surface area contributed by atoms with Gasteiger partial charge < -0.3 is 5.32 Å². The fraction of sp³-hybridized carbons (Fsp3) is 0.300. The minimum Gasteiger partial charge on any atom is -0.323 e. The molecule has 0 heterocycles. The van der Waals surface area contributed by atoms with Crippen LogP contribution in [0.5, 0.6) is 0 Å². The smallest absolute Gasteiger partial charge is 0.231 e. The number of Topliss-reactive ketones (excluding diaryl/α,β-unsaturated/α-hetero) is 1. The van der Waals surface area contributed by atoms with Crippen molar-refractivity contribution in [3.63, 3.8) is 0 Å². The van der Waals surface area contributed by atoms with E-state index in [0.717, 1.165) is 18.2 Å². The topological polar surface area (TPSA) is 46.2 Å². The molecular formula is C20H15Cl3F3NO2. The first-order valence-electron chi connectivity index (χ1n) is 8.74. The van der Waals surface area contributed by atoms with E-state index in [0.29, 0.717) is 12.0 Å². The van der Waals surface area contributed by atoms with Gasteiger partial charge in [-0.15, -0.1) is 23.2 Å². The number of carbonyl (C=O) groups is 2. The number of alkyl halides is 2. The zero-order valence-corrected chi connectivity index (χ0v) is 17.3. The quantitative estimate of drug-likeness (QED) is 0.405. The van der Waals surface area contributed by atoms with Crippen LogP contribution in [0.3, 0.4) is 0 Å². The molecule has 1 fully saturated rings. The summed E-state index contributed by atoms with van der Waals surface area (Å²) in [5.41, 5.74) is -0.618. The zero-order chi connectivity index (χ0) is 21.5. The van der Waals surface area contributed by atoms with Crippen LogP contribution in [-0.4, -0.2) is 16.0 Å². The molecule has 0 saturated heterocycles. The summed E-state index contributed by atoms with van der Waals surface area (Å²) in [4.78, 5) is 24.6. The van der Waals surface area contributed by atoms with Crippen LogP contribution in [0.4, 0.5) is 18.9 Å². The van der Waals surface area contributed by atoms with Crippen molar-refractivity contribution < 1.29 is 22.8 Å². The lowest BCUT2D eigenvalue weighted by molar-refractivity contribution is -0.117. The predicted molar refractivity (Wildman–Crippen MR) is 106 cm³/mol. The van der Waals surface area contributed by atoms with Gasteiger partial charge in [-0.25, -0.2) is 13.2 Å². The van der Waals surface area contributed by atoms with Crippen LogP contribution in [0.1, 0.15) is 41.6 Å². The van der Waals surface area contributed by atoms with Crippen LogP contribution < -0.4 is 5.32 Å². The van der Waals surface area contributed by atoms with Crippen molar-refractivity contribution in [2.45, 2.75) is 30.0 Å². The Hall–Kier alpha value is -1.76. The number of hydrogen-bond acceptors (Lipinski definition) is 2. The molecule has 1 aliphatic rings. The second-order valence-corrected chi connectivity index (χ2v) is 8.60. The molecular weight excluding hydrogens is 450 g/mol. The van der Waals surface area contributed by atoms with E-state index in [1.54, 1.807) is 6.92 Å². The number of ketones is 1. The van der Waals surface area contributed by atoms with Gasteiger partial charge in [0.15, 0.2) is 11.6 Å². The van der Waals surface area contributed by atoms with Gasteiger partial charge in [0.05, 0.1) is 22.2 Å². The highest BCUT2D eigenvalue weighted by atomic mass is 35.5. The normalized spacial score (nSPS) is 19.7. The second kappa shape index (κ2) is 8.17. The van der Waals surface area contributed by atoms with Gasteiger partial charge in [-0.05, 0) is 36.2 Å². The van der Waals surface area contributed by atoms with Crippen molar-refractivity contribution in [3.8, 4) is 0 Å². The first-order valence-corrected chi connectivity index (χ1v) is 9.87. The molecule has 1 N–H and O–H groups in total. The second-order valence-electron chi connectivity index (χ2n) is 6.75. The number of hydrogen-bond donors (Lipinski definition) is 1. The fourth-order valence-corrected chi connectivity index (χ4v) is 4.26. The summed E-state index contributed by atoms with van der Waals surface area (Å²) in [5, 5.41) is 2.16. The number of carbonyl (C=O) groups excluding carboxylic acids is 2. The first kappa shape index (κ1) is 21.9. The van der Waals surface area contributed by atoms with Crippen LogP contribution >= 0.6 is 34.8 Å². The summed E-state index contributed by atoms with van der Waals surface area (Å²) in [6, 6.07) is 5.76. The maximum atomic E-state index is 14.7. The zero-order valence-electron chi connectivity index (χ0n) is 15.0. The number of amides is 1. The Balaban J connectivity index is 1.84. The van der Waals surface area contributed by atoms with Crippen molar-refractivity contribution in [1.82, 2.24) is 0 Å². The molecule has 0 bridgehead atoms. The SMILES string of the molecule is CCCC(=O)c1c(F)ccc(NC(=O)C2C(c3ccc(F)c(Cl)c3)C2(Cl)Cl)c1F.